The van der Waals surface area contributed by atoms with Gasteiger partial charge in [-0.25, -0.2) is 0 Å². The molecule has 3 unspecified atom stereocenters. The van der Waals surface area contributed by atoms with E-state index in [1.807, 2.05) is 12.1 Å². The molecule has 2 aliphatic rings. The summed E-state index contributed by atoms with van der Waals surface area (Å²) < 4.78 is 6.18. The van der Waals surface area contributed by atoms with Crippen molar-refractivity contribution in [3.63, 3.8) is 0 Å². The Balaban J connectivity index is 1.09. The molecule has 7 aromatic rings. The van der Waals surface area contributed by atoms with E-state index in [0.717, 1.165) is 51.1 Å². The summed E-state index contributed by atoms with van der Waals surface area (Å²) in [7, 11) is 0. The van der Waals surface area contributed by atoms with E-state index in [1.165, 1.54) is 59.2 Å². The lowest BCUT2D eigenvalue weighted by molar-refractivity contribution is 0.420. The van der Waals surface area contributed by atoms with E-state index in [-0.39, 0.29) is 0 Å². The van der Waals surface area contributed by atoms with Crippen LogP contribution in [0.25, 0.3) is 44.2 Å². The van der Waals surface area contributed by atoms with Gasteiger partial charge in [0.2, 0.25) is 0 Å². The molecule has 2 fully saturated rings. The Hall–Kier alpha value is -5.08. The van der Waals surface area contributed by atoms with Gasteiger partial charge >= 0.3 is 0 Å². The van der Waals surface area contributed by atoms with E-state index in [0.29, 0.717) is 0 Å². The summed E-state index contributed by atoms with van der Waals surface area (Å²) in [6.45, 7) is 0. The predicted molar refractivity (Wildman–Crippen MR) is 187 cm³/mol. The van der Waals surface area contributed by atoms with E-state index in [9.17, 15) is 0 Å². The largest absolute Gasteiger partial charge is 0.456 e. The Morgan fingerprint density at radius 3 is 1.71 bits per heavy atom. The molecule has 0 spiro atoms. The molecule has 2 heteroatoms. The van der Waals surface area contributed by atoms with E-state index in [4.69, 9.17) is 4.42 Å². The zero-order chi connectivity index (χ0) is 29.7. The summed E-state index contributed by atoms with van der Waals surface area (Å²) in [5, 5.41) is 2.29. The van der Waals surface area contributed by atoms with Crippen LogP contribution in [0.1, 0.15) is 37.2 Å². The molecule has 9 rings (SSSR count). The Bertz CT molecular complexity index is 2110. The molecule has 2 aliphatic carbocycles. The number of benzene rings is 6. The number of para-hydroxylation sites is 1. The van der Waals surface area contributed by atoms with Crippen molar-refractivity contribution in [1.82, 2.24) is 0 Å². The fraction of sp³-hybridized carbons (Fsp3) is 0.163. The van der Waals surface area contributed by atoms with Gasteiger partial charge in [-0.3, -0.25) is 0 Å². The first-order valence-electron chi connectivity index (χ1n) is 16.3. The molecule has 3 atom stereocenters. The number of hydrogen-bond donors (Lipinski definition) is 0. The van der Waals surface area contributed by atoms with Crippen LogP contribution in [-0.4, -0.2) is 0 Å². The van der Waals surface area contributed by atoms with Crippen molar-refractivity contribution in [3.05, 3.63) is 151 Å². The van der Waals surface area contributed by atoms with Crippen molar-refractivity contribution in [3.8, 4) is 22.3 Å². The zero-order valence-corrected chi connectivity index (χ0v) is 25.3. The summed E-state index contributed by atoms with van der Waals surface area (Å²) in [4.78, 5) is 2.38. The topological polar surface area (TPSA) is 16.4 Å². The second-order valence-electron chi connectivity index (χ2n) is 13.0. The zero-order valence-electron chi connectivity index (χ0n) is 25.3. The monoisotopic (exact) mass is 581 g/mol. The van der Waals surface area contributed by atoms with E-state index >= 15 is 0 Å². The predicted octanol–water partition coefficient (Wildman–Crippen LogP) is 12.3. The van der Waals surface area contributed by atoms with Gasteiger partial charge in [0.25, 0.3) is 0 Å². The molecular formula is C43H35NO. The van der Waals surface area contributed by atoms with Crippen LogP contribution in [0.4, 0.5) is 17.1 Å². The minimum absolute atomic E-state index is 0.729. The van der Waals surface area contributed by atoms with Crippen molar-refractivity contribution >= 4 is 39.0 Å². The molecule has 45 heavy (non-hydrogen) atoms. The molecule has 1 aromatic heterocycles. The number of hydrogen-bond acceptors (Lipinski definition) is 2. The third kappa shape index (κ3) is 4.73. The molecule has 2 bridgehead atoms. The first-order valence-corrected chi connectivity index (χ1v) is 16.3. The molecule has 0 N–H and O–H groups in total. The molecule has 0 saturated heterocycles. The number of nitrogens with zero attached hydrogens (tertiary/aromatic N) is 1. The third-order valence-electron chi connectivity index (χ3n) is 10.4. The molecule has 218 valence electrons. The van der Waals surface area contributed by atoms with Crippen LogP contribution in [0, 0.1) is 11.8 Å². The van der Waals surface area contributed by atoms with Crippen LogP contribution in [0.15, 0.2) is 150 Å². The summed E-state index contributed by atoms with van der Waals surface area (Å²) in [5.41, 5.74) is 11.7. The summed E-state index contributed by atoms with van der Waals surface area (Å²) in [5.74, 6) is 2.55. The van der Waals surface area contributed by atoms with Crippen molar-refractivity contribution in [1.29, 1.82) is 0 Å². The normalized spacial score (nSPS) is 19.0. The summed E-state index contributed by atoms with van der Waals surface area (Å²) in [6.07, 6.45) is 5.64. The maximum atomic E-state index is 6.18. The smallest absolute Gasteiger partial charge is 0.135 e. The average Bonchev–Trinajstić information content (AvgIpc) is 3.85. The van der Waals surface area contributed by atoms with Gasteiger partial charge in [0, 0.05) is 27.8 Å². The van der Waals surface area contributed by atoms with Gasteiger partial charge in [-0.1, -0.05) is 103 Å². The maximum Gasteiger partial charge on any atom is 0.135 e. The molecule has 6 aromatic carbocycles. The average molecular weight is 582 g/mol. The Labute approximate surface area is 264 Å². The Morgan fingerprint density at radius 1 is 0.467 bits per heavy atom. The van der Waals surface area contributed by atoms with Gasteiger partial charge in [-0.2, -0.15) is 0 Å². The molecule has 2 saturated carbocycles. The number of fused-ring (bicyclic) bond motifs is 5. The number of furan rings is 1. The van der Waals surface area contributed by atoms with Crippen LogP contribution in [0.3, 0.4) is 0 Å². The summed E-state index contributed by atoms with van der Waals surface area (Å²) >= 11 is 0. The highest BCUT2D eigenvalue weighted by Crippen LogP contribution is 2.53. The number of anilines is 3. The van der Waals surface area contributed by atoms with Crippen molar-refractivity contribution in [2.45, 2.75) is 31.6 Å². The van der Waals surface area contributed by atoms with E-state index < -0.39 is 0 Å². The van der Waals surface area contributed by atoms with Gasteiger partial charge in [0.15, 0.2) is 0 Å². The van der Waals surface area contributed by atoms with Gasteiger partial charge in [0.05, 0.1) is 0 Å². The lowest BCUT2D eigenvalue weighted by Crippen LogP contribution is -2.11. The van der Waals surface area contributed by atoms with Gasteiger partial charge < -0.3 is 9.32 Å². The van der Waals surface area contributed by atoms with E-state index in [1.54, 1.807) is 0 Å². The highest BCUT2D eigenvalue weighted by atomic mass is 16.3. The van der Waals surface area contributed by atoms with Crippen LogP contribution in [0.5, 0.6) is 0 Å². The van der Waals surface area contributed by atoms with Gasteiger partial charge in [0.1, 0.15) is 11.2 Å². The fourth-order valence-corrected chi connectivity index (χ4v) is 8.11. The van der Waals surface area contributed by atoms with Crippen molar-refractivity contribution in [2.24, 2.45) is 11.8 Å². The molecule has 2 nitrogen and oxygen atoms in total. The standard InChI is InChI=1S/C43H35NO/c1-2-6-30(7-3-1)31-12-14-32(15-13-31)33-16-20-36(21-17-33)44(37-22-18-34(19-23-37)40-27-29-10-11-35(40)26-29)38-24-25-43-41(28-38)39-8-4-5-9-42(39)45-43/h1-9,12-25,28-29,35,40H,10-11,26-27H2. The quantitative estimate of drug-likeness (QED) is 0.194. The maximum absolute atomic E-state index is 6.18. The van der Waals surface area contributed by atoms with Crippen molar-refractivity contribution in [2.75, 3.05) is 4.90 Å². The molecule has 0 amide bonds. The molecule has 0 radical (unpaired) electrons. The first kappa shape index (κ1) is 26.3. The lowest BCUT2D eigenvalue weighted by Gasteiger charge is -2.27. The molecule has 0 aliphatic heterocycles. The first-order chi connectivity index (χ1) is 22.3. The van der Waals surface area contributed by atoms with Crippen LogP contribution in [-0.2, 0) is 0 Å². The molecule has 1 heterocycles. The van der Waals surface area contributed by atoms with Gasteiger partial charge in [-0.15, -0.1) is 0 Å². The van der Waals surface area contributed by atoms with E-state index in [2.05, 4.69) is 138 Å². The second-order valence-corrected chi connectivity index (χ2v) is 13.0. The molecular weight excluding hydrogens is 546 g/mol. The highest BCUT2D eigenvalue weighted by Gasteiger charge is 2.40. The number of rotatable bonds is 6. The minimum Gasteiger partial charge on any atom is -0.456 e. The third-order valence-corrected chi connectivity index (χ3v) is 10.4. The van der Waals surface area contributed by atoms with Gasteiger partial charge in [-0.05, 0) is 113 Å². The Kier molecular flexibility index (Phi) is 6.33. The second kappa shape index (κ2) is 10.8. The Morgan fingerprint density at radius 2 is 1.04 bits per heavy atom. The minimum atomic E-state index is 0.729. The van der Waals surface area contributed by atoms with Crippen LogP contribution < -0.4 is 4.90 Å². The SMILES string of the molecule is c1ccc(-c2ccc(-c3ccc(N(c4ccc(C5CC6CCC5C6)cc4)c4ccc5oc6ccccc6c5c4)cc3)cc2)cc1. The van der Waals surface area contributed by atoms with Crippen LogP contribution in [0.2, 0.25) is 0 Å². The van der Waals surface area contributed by atoms with Crippen molar-refractivity contribution < 1.29 is 4.42 Å². The highest BCUT2D eigenvalue weighted by molar-refractivity contribution is 6.06. The van der Waals surface area contributed by atoms with Crippen LogP contribution >= 0.6 is 0 Å². The lowest BCUT2D eigenvalue weighted by atomic mass is 9.83. The summed E-state index contributed by atoms with van der Waals surface area (Å²) in [6, 6.07) is 52.8. The fourth-order valence-electron chi connectivity index (χ4n) is 8.11.